The van der Waals surface area contributed by atoms with Gasteiger partial charge in [-0.25, -0.2) is 0 Å². The Hall–Kier alpha value is -0.750. The predicted molar refractivity (Wildman–Crippen MR) is 84.2 cm³/mol. The number of rotatable bonds is 5. The van der Waals surface area contributed by atoms with Gasteiger partial charge in [-0.3, -0.25) is 4.90 Å². The Morgan fingerprint density at radius 1 is 1.33 bits per heavy atom. The van der Waals surface area contributed by atoms with Crippen molar-refractivity contribution in [2.45, 2.75) is 23.8 Å². The van der Waals surface area contributed by atoms with Gasteiger partial charge in [0.05, 0.1) is 18.1 Å². The van der Waals surface area contributed by atoms with Crippen LogP contribution in [0.3, 0.4) is 0 Å². The molecule has 1 aromatic rings. The number of β-amino-alcohol motifs (C(OH)–C–C–N with tert-alkyl or cyclic N) is 1. The molecule has 116 valence electrons. The van der Waals surface area contributed by atoms with E-state index in [1.54, 1.807) is 0 Å². The van der Waals surface area contributed by atoms with Crippen molar-refractivity contribution in [1.82, 2.24) is 4.90 Å². The van der Waals surface area contributed by atoms with Crippen LogP contribution in [-0.2, 0) is 11.2 Å². The maximum Gasteiger partial charge on any atom is 0.133 e. The van der Waals surface area contributed by atoms with E-state index in [1.165, 1.54) is 16.9 Å². The number of thioether (sulfide) groups is 1. The maximum atomic E-state index is 10.2. The Morgan fingerprint density at radius 2 is 2.19 bits per heavy atom. The lowest BCUT2D eigenvalue weighted by Crippen LogP contribution is -2.42. The minimum Gasteiger partial charge on any atom is -0.490 e. The first-order valence-corrected chi connectivity index (χ1v) is 8.67. The minimum atomic E-state index is -0.451. The molecule has 1 N–H and O–H groups in total. The van der Waals surface area contributed by atoms with E-state index in [2.05, 4.69) is 17.0 Å². The fourth-order valence-corrected chi connectivity index (χ4v) is 3.91. The highest BCUT2D eigenvalue weighted by atomic mass is 32.2. The molecule has 2 heterocycles. The second kappa shape index (κ2) is 7.49. The molecule has 1 atom stereocenters. The Balaban J connectivity index is 1.52. The van der Waals surface area contributed by atoms with Crippen LogP contribution in [0.15, 0.2) is 23.1 Å². The van der Waals surface area contributed by atoms with Crippen molar-refractivity contribution in [1.29, 1.82) is 0 Å². The molecule has 0 aromatic heterocycles. The van der Waals surface area contributed by atoms with E-state index in [1.807, 2.05) is 17.8 Å². The number of benzene rings is 1. The number of fused-ring (bicyclic) bond motifs is 1. The van der Waals surface area contributed by atoms with Gasteiger partial charge in [-0.15, -0.1) is 11.8 Å². The van der Waals surface area contributed by atoms with Gasteiger partial charge in [0.1, 0.15) is 18.5 Å². The summed E-state index contributed by atoms with van der Waals surface area (Å²) in [7, 11) is 0. The molecule has 2 aliphatic heterocycles. The molecule has 0 amide bonds. The standard InChI is InChI=1S/C16H23NO3S/c18-14(11-17-6-8-19-9-7-17)12-20-15-5-1-3-13-4-2-10-21-16(13)15/h1,3,5,14,18H,2,4,6-12H2. The molecule has 21 heavy (non-hydrogen) atoms. The minimum absolute atomic E-state index is 0.356. The van der Waals surface area contributed by atoms with E-state index >= 15 is 0 Å². The topological polar surface area (TPSA) is 41.9 Å². The van der Waals surface area contributed by atoms with Gasteiger partial charge in [-0.05, 0) is 30.2 Å². The Bertz CT molecular complexity index is 463. The molecule has 3 rings (SSSR count). The lowest BCUT2D eigenvalue weighted by Gasteiger charge is -2.28. The molecular formula is C16H23NO3S. The molecule has 0 radical (unpaired) electrons. The first-order chi connectivity index (χ1) is 10.3. The fourth-order valence-electron chi connectivity index (χ4n) is 2.79. The lowest BCUT2D eigenvalue weighted by molar-refractivity contribution is 0.00439. The summed E-state index contributed by atoms with van der Waals surface area (Å²) >= 11 is 1.87. The highest BCUT2D eigenvalue weighted by molar-refractivity contribution is 7.99. The van der Waals surface area contributed by atoms with E-state index in [9.17, 15) is 5.11 Å². The smallest absolute Gasteiger partial charge is 0.133 e. The van der Waals surface area contributed by atoms with Crippen LogP contribution < -0.4 is 4.74 Å². The number of hydrogen-bond donors (Lipinski definition) is 1. The number of ether oxygens (including phenoxy) is 2. The summed E-state index contributed by atoms with van der Waals surface area (Å²) < 4.78 is 11.2. The fraction of sp³-hybridized carbons (Fsp3) is 0.625. The van der Waals surface area contributed by atoms with Crippen molar-refractivity contribution < 1.29 is 14.6 Å². The van der Waals surface area contributed by atoms with Crippen molar-refractivity contribution in [2.24, 2.45) is 0 Å². The van der Waals surface area contributed by atoms with Crippen LogP contribution >= 0.6 is 11.8 Å². The second-order valence-electron chi connectivity index (χ2n) is 5.57. The highest BCUT2D eigenvalue weighted by Gasteiger charge is 2.18. The Labute approximate surface area is 130 Å². The number of hydrogen-bond acceptors (Lipinski definition) is 5. The van der Waals surface area contributed by atoms with Crippen molar-refractivity contribution in [2.75, 3.05) is 45.2 Å². The van der Waals surface area contributed by atoms with Gasteiger partial charge in [-0.2, -0.15) is 0 Å². The van der Waals surface area contributed by atoms with Crippen LogP contribution in [0, 0.1) is 0 Å². The maximum absolute atomic E-state index is 10.2. The van der Waals surface area contributed by atoms with Gasteiger partial charge in [0.25, 0.3) is 0 Å². The second-order valence-corrected chi connectivity index (χ2v) is 6.68. The Morgan fingerprint density at radius 3 is 3.05 bits per heavy atom. The van der Waals surface area contributed by atoms with Crippen LogP contribution in [0.5, 0.6) is 5.75 Å². The normalized spacial score (nSPS) is 20.8. The number of aliphatic hydroxyl groups is 1. The molecule has 5 heteroatoms. The highest BCUT2D eigenvalue weighted by Crippen LogP contribution is 2.37. The molecule has 4 nitrogen and oxygen atoms in total. The summed E-state index contributed by atoms with van der Waals surface area (Å²) in [5.41, 5.74) is 1.38. The van der Waals surface area contributed by atoms with Gasteiger partial charge in [0.2, 0.25) is 0 Å². The third-order valence-corrected chi connectivity index (χ3v) is 5.15. The Kier molecular flexibility index (Phi) is 5.41. The molecular weight excluding hydrogens is 286 g/mol. The first kappa shape index (κ1) is 15.2. The van der Waals surface area contributed by atoms with Gasteiger partial charge >= 0.3 is 0 Å². The molecule has 2 aliphatic rings. The monoisotopic (exact) mass is 309 g/mol. The SMILES string of the molecule is OC(COc1cccc2c1SCCC2)CN1CCOCC1. The van der Waals surface area contributed by atoms with Crippen molar-refractivity contribution in [3.8, 4) is 5.75 Å². The van der Waals surface area contributed by atoms with Gasteiger partial charge in [-0.1, -0.05) is 12.1 Å². The zero-order chi connectivity index (χ0) is 14.5. The molecule has 1 unspecified atom stereocenters. The van der Waals surface area contributed by atoms with Crippen molar-refractivity contribution in [3.05, 3.63) is 23.8 Å². The van der Waals surface area contributed by atoms with E-state index in [4.69, 9.17) is 9.47 Å². The average molecular weight is 309 g/mol. The summed E-state index contributed by atoms with van der Waals surface area (Å²) in [6, 6.07) is 6.24. The van der Waals surface area contributed by atoms with E-state index in [-0.39, 0.29) is 0 Å². The summed E-state index contributed by atoms with van der Waals surface area (Å²) in [5, 5.41) is 10.2. The summed E-state index contributed by atoms with van der Waals surface area (Å²) in [6.45, 7) is 4.33. The van der Waals surface area contributed by atoms with E-state index in [0.29, 0.717) is 13.2 Å². The summed E-state index contributed by atoms with van der Waals surface area (Å²) in [6.07, 6.45) is 1.92. The third-order valence-electron chi connectivity index (χ3n) is 3.90. The molecule has 0 spiro atoms. The lowest BCUT2D eigenvalue weighted by atomic mass is 10.1. The molecule has 0 saturated carbocycles. The number of morpholine rings is 1. The number of nitrogens with zero attached hydrogens (tertiary/aromatic N) is 1. The number of aryl methyl sites for hydroxylation is 1. The number of aliphatic hydroxyl groups excluding tert-OH is 1. The quantitative estimate of drug-likeness (QED) is 0.898. The molecule has 1 aromatic carbocycles. The largest absolute Gasteiger partial charge is 0.490 e. The van der Waals surface area contributed by atoms with Crippen molar-refractivity contribution >= 4 is 11.8 Å². The van der Waals surface area contributed by atoms with E-state index < -0.39 is 6.10 Å². The third kappa shape index (κ3) is 4.13. The zero-order valence-electron chi connectivity index (χ0n) is 12.3. The molecule has 1 fully saturated rings. The zero-order valence-corrected chi connectivity index (χ0v) is 13.1. The molecule has 0 bridgehead atoms. The van der Waals surface area contributed by atoms with E-state index in [0.717, 1.165) is 44.2 Å². The first-order valence-electron chi connectivity index (χ1n) is 7.68. The van der Waals surface area contributed by atoms with Gasteiger partial charge < -0.3 is 14.6 Å². The van der Waals surface area contributed by atoms with Crippen LogP contribution in [0.1, 0.15) is 12.0 Å². The molecule has 1 saturated heterocycles. The van der Waals surface area contributed by atoms with Crippen molar-refractivity contribution in [3.63, 3.8) is 0 Å². The summed E-state index contributed by atoms with van der Waals surface area (Å²) in [4.78, 5) is 3.49. The van der Waals surface area contributed by atoms with Gasteiger partial charge in [0.15, 0.2) is 0 Å². The van der Waals surface area contributed by atoms with Gasteiger partial charge in [0, 0.05) is 19.6 Å². The predicted octanol–water partition coefficient (Wildman–Crippen LogP) is 1.80. The van der Waals surface area contributed by atoms with Crippen LogP contribution in [0.4, 0.5) is 0 Å². The van der Waals surface area contributed by atoms with Crippen LogP contribution in [-0.4, -0.2) is 61.3 Å². The average Bonchev–Trinajstić information content (AvgIpc) is 2.54. The van der Waals surface area contributed by atoms with Crippen LogP contribution in [0.2, 0.25) is 0 Å². The molecule has 0 aliphatic carbocycles. The summed E-state index contributed by atoms with van der Waals surface area (Å²) in [5.74, 6) is 2.09. The van der Waals surface area contributed by atoms with Crippen LogP contribution in [0.25, 0.3) is 0 Å².